The number of hydrogen-bond acceptors (Lipinski definition) is 1. The molecule has 0 unspecified atom stereocenters. The highest BCUT2D eigenvalue weighted by Crippen LogP contribution is 2.41. The highest BCUT2D eigenvalue weighted by molar-refractivity contribution is 6.15. The van der Waals surface area contributed by atoms with Gasteiger partial charge in [0.1, 0.15) is 11.2 Å². The van der Waals surface area contributed by atoms with Crippen LogP contribution in [0, 0.1) is 0 Å². The predicted octanol–water partition coefficient (Wildman–Crippen LogP) is 14.8. The minimum Gasteiger partial charge on any atom is -0.456 e. The van der Waals surface area contributed by atoms with E-state index in [4.69, 9.17) is 11.3 Å². The topological polar surface area (TPSA) is 23.0 Å². The molecule has 0 aliphatic heterocycles. The van der Waals surface area contributed by atoms with Crippen molar-refractivity contribution in [1.29, 1.82) is 0 Å². The zero-order valence-electron chi connectivity index (χ0n) is 35.5. The number of nitrogens with zero attached hydrogens (tertiary/aromatic N) is 2. The van der Waals surface area contributed by atoms with Gasteiger partial charge >= 0.3 is 0 Å². The van der Waals surface area contributed by atoms with Crippen LogP contribution in [0.4, 0.5) is 0 Å². The molecule has 0 amide bonds. The third-order valence-corrected chi connectivity index (χ3v) is 11.4. The summed E-state index contributed by atoms with van der Waals surface area (Å²) >= 11 is 0. The molecular formula is C54H34N2O. The highest BCUT2D eigenvalue weighted by atomic mass is 16.3. The summed E-state index contributed by atoms with van der Waals surface area (Å²) in [6, 6.07) is 59.7. The van der Waals surface area contributed by atoms with Crippen molar-refractivity contribution < 1.29 is 11.3 Å². The average Bonchev–Trinajstić information content (AvgIpc) is 3.98. The van der Waals surface area contributed by atoms with Crippen LogP contribution < -0.4 is 0 Å². The first-order chi connectivity index (χ1) is 30.3. The summed E-state index contributed by atoms with van der Waals surface area (Å²) in [7, 11) is 0. The second-order valence-corrected chi connectivity index (χ2v) is 14.5. The van der Waals surface area contributed by atoms with E-state index < -0.39 is 6.04 Å². The van der Waals surface area contributed by atoms with Crippen LogP contribution >= 0.6 is 0 Å². The molecule has 3 nitrogen and oxygen atoms in total. The van der Waals surface area contributed by atoms with Gasteiger partial charge in [-0.3, -0.25) is 0 Å². The molecule has 0 fully saturated rings. The van der Waals surface area contributed by atoms with Crippen molar-refractivity contribution in [1.82, 2.24) is 9.13 Å². The van der Waals surface area contributed by atoms with E-state index in [-0.39, 0.29) is 29.7 Å². The normalized spacial score (nSPS) is 13.1. The molecule has 0 aliphatic rings. The van der Waals surface area contributed by atoms with Crippen LogP contribution in [0.25, 0.3) is 110 Å². The van der Waals surface area contributed by atoms with E-state index in [0.29, 0.717) is 22.1 Å². The maximum atomic E-state index is 8.76. The summed E-state index contributed by atoms with van der Waals surface area (Å²) in [5, 5.41) is 6.12. The summed E-state index contributed by atoms with van der Waals surface area (Å²) in [6.07, 6.45) is 0. The van der Waals surface area contributed by atoms with Gasteiger partial charge in [-0.05, 0) is 106 Å². The van der Waals surface area contributed by atoms with Crippen LogP contribution in [0.3, 0.4) is 0 Å². The van der Waals surface area contributed by atoms with E-state index in [1.54, 1.807) is 12.1 Å². The summed E-state index contributed by atoms with van der Waals surface area (Å²) in [5.41, 5.74) is 12.9. The zero-order chi connectivity index (χ0) is 41.8. The van der Waals surface area contributed by atoms with Crippen LogP contribution in [-0.2, 0) is 0 Å². The molecule has 0 saturated heterocycles. The van der Waals surface area contributed by atoms with Gasteiger partial charge in [0.2, 0.25) is 0 Å². The van der Waals surface area contributed by atoms with Gasteiger partial charge in [-0.2, -0.15) is 0 Å². The molecule has 0 spiro atoms. The zero-order valence-corrected chi connectivity index (χ0v) is 30.5. The Morgan fingerprint density at radius 1 is 0.351 bits per heavy atom. The van der Waals surface area contributed by atoms with Crippen LogP contribution in [0.1, 0.15) is 6.85 Å². The number of para-hydroxylation sites is 2. The van der Waals surface area contributed by atoms with Crippen molar-refractivity contribution >= 4 is 65.6 Å². The van der Waals surface area contributed by atoms with Gasteiger partial charge in [-0.25, -0.2) is 0 Å². The Bertz CT molecular complexity index is 3790. The lowest BCUT2D eigenvalue weighted by Crippen LogP contribution is -1.94. The molecule has 3 heterocycles. The van der Waals surface area contributed by atoms with Gasteiger partial charge in [0, 0.05) is 43.7 Å². The molecule has 3 heteroatoms. The van der Waals surface area contributed by atoms with Crippen molar-refractivity contribution in [2.24, 2.45) is 0 Å². The third kappa shape index (κ3) is 4.92. The smallest absolute Gasteiger partial charge is 0.136 e. The van der Waals surface area contributed by atoms with Gasteiger partial charge < -0.3 is 13.6 Å². The minimum absolute atomic E-state index is 0.152. The van der Waals surface area contributed by atoms with Crippen LogP contribution in [-0.4, -0.2) is 9.13 Å². The molecule has 0 atom stereocenters. The van der Waals surface area contributed by atoms with Gasteiger partial charge in [-0.1, -0.05) is 133 Å². The quantitative estimate of drug-likeness (QED) is 0.173. The van der Waals surface area contributed by atoms with Gasteiger partial charge in [0.15, 0.2) is 0 Å². The molecule has 12 aromatic rings. The Hall–Kier alpha value is -7.62. The molecule has 0 saturated carbocycles. The van der Waals surface area contributed by atoms with Crippen LogP contribution in [0.15, 0.2) is 211 Å². The maximum Gasteiger partial charge on any atom is 0.136 e. The Morgan fingerprint density at radius 3 is 1.63 bits per heavy atom. The van der Waals surface area contributed by atoms with Crippen molar-refractivity contribution in [2.45, 2.75) is 0 Å². The fraction of sp³-hybridized carbons (Fsp3) is 0. The Balaban J connectivity index is 1.01. The van der Waals surface area contributed by atoms with Crippen molar-refractivity contribution in [2.75, 3.05) is 0 Å². The number of hydrogen-bond donors (Lipinski definition) is 0. The molecule has 0 radical (unpaired) electrons. The second kappa shape index (κ2) is 12.5. The molecule has 12 rings (SSSR count). The predicted molar refractivity (Wildman–Crippen MR) is 239 cm³/mol. The van der Waals surface area contributed by atoms with Crippen molar-refractivity contribution in [3.05, 3.63) is 206 Å². The molecule has 57 heavy (non-hydrogen) atoms. The largest absolute Gasteiger partial charge is 0.456 e. The maximum absolute atomic E-state index is 8.76. The van der Waals surface area contributed by atoms with Crippen LogP contribution in [0.5, 0.6) is 0 Å². The first-order valence-electron chi connectivity index (χ1n) is 21.6. The molecule has 0 bridgehead atoms. The fourth-order valence-electron chi connectivity index (χ4n) is 8.86. The van der Waals surface area contributed by atoms with Gasteiger partial charge in [0.05, 0.1) is 28.9 Å². The Kier molecular flexibility index (Phi) is 5.91. The molecule has 3 aromatic heterocycles. The fourth-order valence-corrected chi connectivity index (χ4v) is 8.86. The average molecular weight is 732 g/mol. The lowest BCUT2D eigenvalue weighted by molar-refractivity contribution is 0.669. The lowest BCUT2D eigenvalue weighted by atomic mass is 9.99. The number of furan rings is 1. The summed E-state index contributed by atoms with van der Waals surface area (Å²) in [5.74, 6) is 0. The van der Waals surface area contributed by atoms with Gasteiger partial charge in [0.25, 0.3) is 0 Å². The second-order valence-electron chi connectivity index (χ2n) is 14.5. The lowest BCUT2D eigenvalue weighted by Gasteiger charge is -2.11. The van der Waals surface area contributed by atoms with E-state index in [1.807, 2.05) is 24.3 Å². The van der Waals surface area contributed by atoms with Gasteiger partial charge in [-0.15, -0.1) is 0 Å². The summed E-state index contributed by atoms with van der Waals surface area (Å²) in [4.78, 5) is 0. The highest BCUT2D eigenvalue weighted by Gasteiger charge is 2.18. The Labute approximate surface area is 335 Å². The number of benzene rings is 9. The monoisotopic (exact) mass is 731 g/mol. The molecule has 0 N–H and O–H groups in total. The van der Waals surface area contributed by atoms with E-state index in [9.17, 15) is 0 Å². The summed E-state index contributed by atoms with van der Waals surface area (Å²) in [6.45, 7) is 0. The third-order valence-electron chi connectivity index (χ3n) is 11.4. The number of aromatic nitrogens is 2. The molecular weight excluding hydrogens is 693 g/mol. The summed E-state index contributed by atoms with van der Waals surface area (Å²) < 4.78 is 53.4. The first-order valence-corrected chi connectivity index (χ1v) is 19.1. The van der Waals surface area contributed by atoms with Crippen molar-refractivity contribution in [3.63, 3.8) is 0 Å². The number of fused-ring (bicyclic) bond motifs is 9. The molecule has 266 valence electrons. The molecule has 0 aliphatic carbocycles. The van der Waals surface area contributed by atoms with Crippen LogP contribution in [0.2, 0.25) is 0 Å². The number of rotatable bonds is 5. The standard InChI is InChI=1S/C54H34N2O/c1-3-13-35(14-4-1)37-17-11-18-40(31-37)55-48-22-9-7-19-43(48)45-32-38(25-28-50(45)55)39-26-29-51-46(33-39)44-20-8-10-23-49(44)56(51)41-27-30-52-47(34-41)54-42(21-12-24-53(54)57-52)36-15-5-2-6-16-36/h1-34H/i2D,5D,6D,15D,16D. The minimum atomic E-state index is -0.418. The van der Waals surface area contributed by atoms with Crippen molar-refractivity contribution in [3.8, 4) is 44.8 Å². The SMILES string of the molecule is [2H]c1c([2H])c([2H])c(-c2cccc3oc4ccc(-n5c6ccccc6c6cc(-c7ccc8c(c7)c7ccccc7n8-c7cccc(-c8ccccc8)c7)ccc65)cc4c23)c([2H])c1[2H]. The Morgan fingerprint density at radius 2 is 0.930 bits per heavy atom. The van der Waals surface area contributed by atoms with E-state index in [1.165, 1.54) is 21.9 Å². The molecule has 9 aromatic carbocycles. The van der Waals surface area contributed by atoms with E-state index in [0.717, 1.165) is 60.7 Å². The van der Waals surface area contributed by atoms with E-state index >= 15 is 0 Å². The van der Waals surface area contributed by atoms with E-state index in [2.05, 4.69) is 149 Å². The first kappa shape index (κ1) is 27.0.